The molecule has 0 heterocycles. The molecule has 1 radical (unpaired) electrons. The van der Waals surface area contributed by atoms with E-state index in [0.29, 0.717) is 10.3 Å². The van der Waals surface area contributed by atoms with Gasteiger partial charge in [-0.1, -0.05) is 23.7 Å². The normalized spacial score (nSPS) is 9.89. The van der Waals surface area contributed by atoms with Crippen LogP contribution in [0.1, 0.15) is 0 Å². The summed E-state index contributed by atoms with van der Waals surface area (Å²) in [5.41, 5.74) is 0. The van der Waals surface area contributed by atoms with Crippen molar-refractivity contribution in [1.29, 1.82) is 0 Å². The zero-order valence-corrected chi connectivity index (χ0v) is 6.35. The molecule has 0 saturated carbocycles. The second kappa shape index (κ2) is 2.95. The van der Waals surface area contributed by atoms with Gasteiger partial charge in [0.15, 0.2) is 0 Å². The van der Waals surface area contributed by atoms with Gasteiger partial charge in [0, 0.05) is 5.30 Å². The molecule has 0 spiro atoms. The average Bonchev–Trinajstić information content (AvgIpc) is 1.89. The second-order valence-corrected chi connectivity index (χ2v) is 2.73. The summed E-state index contributed by atoms with van der Waals surface area (Å²) in [6, 6.07) is 7.09. The van der Waals surface area contributed by atoms with Crippen LogP contribution in [0.15, 0.2) is 24.3 Å². The van der Waals surface area contributed by atoms with Crippen molar-refractivity contribution < 1.29 is 4.57 Å². The summed E-state index contributed by atoms with van der Waals surface area (Å²) >= 11 is 5.63. The van der Waals surface area contributed by atoms with E-state index in [-0.39, 0.29) is 0 Å². The summed E-state index contributed by atoms with van der Waals surface area (Å²) in [6.07, 6.45) is 0. The average molecular weight is 160 g/mol. The van der Waals surface area contributed by atoms with Crippen molar-refractivity contribution in [1.82, 2.24) is 0 Å². The first-order valence-electron chi connectivity index (χ1n) is 2.47. The van der Waals surface area contributed by atoms with Gasteiger partial charge >= 0.3 is 0 Å². The lowest BCUT2D eigenvalue weighted by Gasteiger charge is -1.90. The lowest BCUT2D eigenvalue weighted by molar-refractivity contribution is 0.603. The lowest BCUT2D eigenvalue weighted by Crippen LogP contribution is -1.89. The van der Waals surface area contributed by atoms with Gasteiger partial charge in [-0.25, -0.2) is 0 Å². The minimum atomic E-state index is -0.453. The van der Waals surface area contributed by atoms with E-state index >= 15 is 0 Å². The summed E-state index contributed by atoms with van der Waals surface area (Å²) < 4.78 is 10.3. The van der Waals surface area contributed by atoms with Crippen molar-refractivity contribution in [3.8, 4) is 0 Å². The van der Waals surface area contributed by atoms with Gasteiger partial charge in [0.1, 0.15) is 0 Å². The van der Waals surface area contributed by atoms with Crippen LogP contribution in [0.5, 0.6) is 0 Å². The number of hydrogen-bond donors (Lipinski definition) is 0. The quantitative estimate of drug-likeness (QED) is 0.573. The summed E-state index contributed by atoms with van der Waals surface area (Å²) in [6.45, 7) is 0. The van der Waals surface area contributed by atoms with E-state index < -0.39 is 8.46 Å². The maximum Gasteiger partial charge on any atom is 0.0917 e. The highest BCUT2D eigenvalue weighted by molar-refractivity contribution is 7.34. The smallest absolute Gasteiger partial charge is 0.0917 e. The van der Waals surface area contributed by atoms with Crippen LogP contribution in [0.4, 0.5) is 0 Å². The van der Waals surface area contributed by atoms with E-state index in [1.165, 1.54) is 0 Å². The van der Waals surface area contributed by atoms with Crippen LogP contribution in [-0.4, -0.2) is 0 Å². The molecule has 0 bridgehead atoms. The molecule has 0 aliphatic heterocycles. The van der Waals surface area contributed by atoms with E-state index in [9.17, 15) is 4.57 Å². The van der Waals surface area contributed by atoms with Gasteiger partial charge in [0.2, 0.25) is 0 Å². The lowest BCUT2D eigenvalue weighted by atomic mass is 10.4. The molecule has 1 aromatic rings. The fourth-order valence-electron chi connectivity index (χ4n) is 0.544. The van der Waals surface area contributed by atoms with Crippen LogP contribution in [0.3, 0.4) is 0 Å². The molecule has 1 aromatic carbocycles. The molecule has 47 valence electrons. The third-order valence-electron chi connectivity index (χ3n) is 0.984. The highest BCUT2D eigenvalue weighted by atomic mass is 35.5. The van der Waals surface area contributed by atoms with Gasteiger partial charge in [-0.05, 0) is 12.1 Å². The SMILES string of the molecule is O=[PH]c1ccccc1Cl. The fourth-order valence-corrected chi connectivity index (χ4v) is 1.14. The standard InChI is InChI=1S/C6H5ClOP/c7-5-3-1-2-4-6(5)9-8/h1-4,9H. The van der Waals surface area contributed by atoms with Gasteiger partial charge in [-0.15, -0.1) is 0 Å². The fraction of sp³-hybridized carbons (Fsp3) is 0. The Hall–Kier alpha value is -0.390. The van der Waals surface area contributed by atoms with Crippen molar-refractivity contribution in [2.24, 2.45) is 0 Å². The number of halogens is 1. The van der Waals surface area contributed by atoms with E-state index in [1.807, 2.05) is 12.1 Å². The molecule has 0 N–H and O–H groups in total. The molecule has 3 heteroatoms. The number of rotatable bonds is 1. The first-order valence-corrected chi connectivity index (χ1v) is 3.76. The Morgan fingerprint density at radius 2 is 2.00 bits per heavy atom. The van der Waals surface area contributed by atoms with Gasteiger partial charge in [-0.3, -0.25) is 4.57 Å². The van der Waals surface area contributed by atoms with E-state index in [1.54, 1.807) is 12.1 Å². The minimum absolute atomic E-state index is 0.453. The maximum atomic E-state index is 10.3. The number of hydrogen-bond acceptors (Lipinski definition) is 1. The molecule has 0 aromatic heterocycles. The predicted molar refractivity (Wildman–Crippen MR) is 40.1 cm³/mol. The summed E-state index contributed by atoms with van der Waals surface area (Å²) in [4.78, 5) is 0. The van der Waals surface area contributed by atoms with Crippen molar-refractivity contribution in [3.63, 3.8) is 0 Å². The molecular weight excluding hydrogens is 154 g/mol. The highest BCUT2D eigenvalue weighted by Crippen LogP contribution is 2.08. The molecule has 1 nitrogen and oxygen atoms in total. The Morgan fingerprint density at radius 3 is 2.44 bits per heavy atom. The number of benzene rings is 1. The Morgan fingerprint density at radius 1 is 1.33 bits per heavy atom. The Balaban J connectivity index is 3.15. The first-order chi connectivity index (χ1) is 4.34. The van der Waals surface area contributed by atoms with E-state index in [0.717, 1.165) is 0 Å². The Labute approximate surface area is 59.9 Å². The predicted octanol–water partition coefficient (Wildman–Crippen LogP) is 1.99. The third kappa shape index (κ3) is 1.51. The van der Waals surface area contributed by atoms with Crippen molar-refractivity contribution in [2.45, 2.75) is 0 Å². The summed E-state index contributed by atoms with van der Waals surface area (Å²) in [7, 11) is -0.453. The van der Waals surface area contributed by atoms with Crippen LogP contribution in [0.2, 0.25) is 5.02 Å². The van der Waals surface area contributed by atoms with E-state index in [4.69, 9.17) is 11.6 Å². The zero-order valence-electron chi connectivity index (χ0n) is 4.60. The van der Waals surface area contributed by atoms with Crippen LogP contribution in [-0.2, 0) is 4.57 Å². The molecule has 0 saturated heterocycles. The Kier molecular flexibility index (Phi) is 2.21. The second-order valence-electron chi connectivity index (χ2n) is 1.58. The molecule has 1 rings (SSSR count). The first kappa shape index (κ1) is 6.73. The molecule has 0 amide bonds. The van der Waals surface area contributed by atoms with E-state index in [2.05, 4.69) is 0 Å². The summed E-state index contributed by atoms with van der Waals surface area (Å²) in [5, 5.41) is 1.27. The molecule has 1 atom stereocenters. The van der Waals surface area contributed by atoms with Crippen LogP contribution < -0.4 is 5.30 Å². The largest absolute Gasteiger partial charge is 0.285 e. The zero-order chi connectivity index (χ0) is 6.69. The van der Waals surface area contributed by atoms with Gasteiger partial charge in [0.05, 0.1) is 13.5 Å². The Bertz CT molecular complexity index is 224. The van der Waals surface area contributed by atoms with Crippen LogP contribution >= 0.6 is 20.1 Å². The molecule has 9 heavy (non-hydrogen) atoms. The van der Waals surface area contributed by atoms with Crippen molar-refractivity contribution >= 4 is 25.4 Å². The molecular formula is C6H5ClOP. The van der Waals surface area contributed by atoms with Crippen LogP contribution in [0.25, 0.3) is 0 Å². The maximum absolute atomic E-state index is 10.3. The highest BCUT2D eigenvalue weighted by Gasteiger charge is 1.92. The van der Waals surface area contributed by atoms with Gasteiger partial charge in [0.25, 0.3) is 0 Å². The molecule has 0 aliphatic carbocycles. The van der Waals surface area contributed by atoms with Crippen molar-refractivity contribution in [2.75, 3.05) is 0 Å². The van der Waals surface area contributed by atoms with Crippen LogP contribution in [0, 0.1) is 0 Å². The molecule has 0 fully saturated rings. The van der Waals surface area contributed by atoms with Gasteiger partial charge < -0.3 is 0 Å². The monoisotopic (exact) mass is 159 g/mol. The van der Waals surface area contributed by atoms with Crippen molar-refractivity contribution in [3.05, 3.63) is 29.3 Å². The third-order valence-corrected chi connectivity index (χ3v) is 2.13. The topological polar surface area (TPSA) is 17.1 Å². The minimum Gasteiger partial charge on any atom is -0.285 e. The molecule has 0 aliphatic rings. The van der Waals surface area contributed by atoms with Gasteiger partial charge in [-0.2, -0.15) is 0 Å². The summed E-state index contributed by atoms with van der Waals surface area (Å²) in [5.74, 6) is 0. The molecule has 1 unspecified atom stereocenters.